The van der Waals surface area contributed by atoms with Crippen molar-refractivity contribution in [3.05, 3.63) is 47.7 Å². The molecule has 3 rings (SSSR count). The van der Waals surface area contributed by atoms with Gasteiger partial charge in [-0.15, -0.1) is 0 Å². The van der Waals surface area contributed by atoms with Crippen molar-refractivity contribution in [2.24, 2.45) is 0 Å². The normalized spacial score (nSPS) is 15.8. The van der Waals surface area contributed by atoms with E-state index in [1.54, 1.807) is 13.3 Å². The lowest BCUT2D eigenvalue weighted by molar-refractivity contribution is -0.130. The average molecular weight is 343 g/mol. The highest BCUT2D eigenvalue weighted by molar-refractivity contribution is 5.79. The number of oxazole rings is 1. The number of carbonyl (C=O) groups is 1. The molecular formula is C19H25N3O3. The molecule has 0 aliphatic carbocycles. The minimum Gasteiger partial charge on any atom is -0.496 e. The highest BCUT2D eigenvalue weighted by atomic mass is 16.5. The molecule has 2 heterocycles. The first kappa shape index (κ1) is 17.5. The van der Waals surface area contributed by atoms with E-state index in [0.29, 0.717) is 13.0 Å². The van der Waals surface area contributed by atoms with Crippen LogP contribution in [0.25, 0.3) is 0 Å². The van der Waals surface area contributed by atoms with Gasteiger partial charge in [-0.3, -0.25) is 9.69 Å². The first-order valence-corrected chi connectivity index (χ1v) is 8.69. The molecular weight excluding hydrogens is 318 g/mol. The monoisotopic (exact) mass is 343 g/mol. The largest absolute Gasteiger partial charge is 0.496 e. The lowest BCUT2D eigenvalue weighted by atomic mass is 10.1. The topological polar surface area (TPSA) is 58.8 Å². The number of rotatable bonds is 5. The fourth-order valence-electron chi connectivity index (χ4n) is 3.17. The number of hydrogen-bond donors (Lipinski definition) is 0. The van der Waals surface area contributed by atoms with Crippen molar-refractivity contribution in [3.63, 3.8) is 0 Å². The molecule has 0 bridgehead atoms. The number of amides is 1. The summed E-state index contributed by atoms with van der Waals surface area (Å²) in [5.41, 5.74) is 0.936. The third-order valence-corrected chi connectivity index (χ3v) is 4.50. The van der Waals surface area contributed by atoms with E-state index < -0.39 is 0 Å². The quantitative estimate of drug-likeness (QED) is 0.833. The molecule has 1 fully saturated rings. The van der Waals surface area contributed by atoms with Gasteiger partial charge in [0.1, 0.15) is 11.5 Å². The van der Waals surface area contributed by atoms with Crippen LogP contribution < -0.4 is 4.74 Å². The first-order valence-electron chi connectivity index (χ1n) is 8.69. The lowest BCUT2D eigenvalue weighted by Crippen LogP contribution is -2.36. The highest BCUT2D eigenvalue weighted by Crippen LogP contribution is 2.19. The van der Waals surface area contributed by atoms with Gasteiger partial charge in [-0.1, -0.05) is 18.2 Å². The number of ether oxygens (including phenoxy) is 1. The van der Waals surface area contributed by atoms with E-state index in [-0.39, 0.29) is 5.91 Å². The Hall–Kier alpha value is -2.34. The summed E-state index contributed by atoms with van der Waals surface area (Å²) in [4.78, 5) is 21.2. The van der Waals surface area contributed by atoms with Crippen molar-refractivity contribution in [3.8, 4) is 5.75 Å². The predicted octanol–water partition coefficient (Wildman–Crippen LogP) is 2.27. The smallest absolute Gasteiger partial charge is 0.227 e. The molecule has 0 saturated carbocycles. The minimum atomic E-state index is 0.151. The molecule has 0 spiro atoms. The zero-order valence-corrected chi connectivity index (χ0v) is 14.9. The summed E-state index contributed by atoms with van der Waals surface area (Å²) in [6.45, 7) is 5.89. The summed E-state index contributed by atoms with van der Waals surface area (Å²) in [5.74, 6) is 2.50. The van der Waals surface area contributed by atoms with Gasteiger partial charge in [0.2, 0.25) is 11.8 Å². The lowest BCUT2D eigenvalue weighted by Gasteiger charge is -2.21. The van der Waals surface area contributed by atoms with E-state index in [9.17, 15) is 4.79 Å². The van der Waals surface area contributed by atoms with Gasteiger partial charge in [0.15, 0.2) is 0 Å². The molecule has 1 saturated heterocycles. The molecule has 2 aromatic rings. The summed E-state index contributed by atoms with van der Waals surface area (Å²) < 4.78 is 10.9. The Morgan fingerprint density at radius 1 is 1.24 bits per heavy atom. The van der Waals surface area contributed by atoms with Crippen LogP contribution >= 0.6 is 0 Å². The number of aryl methyl sites for hydroxylation is 1. The van der Waals surface area contributed by atoms with Crippen molar-refractivity contribution < 1.29 is 13.9 Å². The molecule has 1 aliphatic heterocycles. The van der Waals surface area contributed by atoms with Crippen LogP contribution in [0.2, 0.25) is 0 Å². The van der Waals surface area contributed by atoms with Gasteiger partial charge in [0.05, 0.1) is 26.3 Å². The maximum atomic E-state index is 12.7. The molecule has 0 N–H and O–H groups in total. The van der Waals surface area contributed by atoms with E-state index in [2.05, 4.69) is 9.88 Å². The van der Waals surface area contributed by atoms with Crippen LogP contribution in [-0.2, 0) is 17.8 Å². The number of nitrogens with zero attached hydrogens (tertiary/aromatic N) is 3. The van der Waals surface area contributed by atoms with Crippen LogP contribution in [0, 0.1) is 6.92 Å². The molecule has 1 aromatic carbocycles. The molecule has 134 valence electrons. The molecule has 6 nitrogen and oxygen atoms in total. The summed E-state index contributed by atoms with van der Waals surface area (Å²) in [7, 11) is 1.64. The van der Waals surface area contributed by atoms with E-state index in [1.165, 1.54) is 0 Å². The number of aromatic nitrogens is 1. The third-order valence-electron chi connectivity index (χ3n) is 4.50. The zero-order valence-electron chi connectivity index (χ0n) is 14.9. The van der Waals surface area contributed by atoms with Gasteiger partial charge in [0.25, 0.3) is 0 Å². The second-order valence-corrected chi connectivity index (χ2v) is 6.36. The summed E-state index contributed by atoms with van der Waals surface area (Å²) >= 11 is 0. The number of hydrogen-bond acceptors (Lipinski definition) is 5. The Morgan fingerprint density at radius 3 is 2.84 bits per heavy atom. The maximum absolute atomic E-state index is 12.7. The van der Waals surface area contributed by atoms with Gasteiger partial charge < -0.3 is 14.1 Å². The fourth-order valence-corrected chi connectivity index (χ4v) is 3.17. The van der Waals surface area contributed by atoms with Gasteiger partial charge in [0, 0.05) is 31.7 Å². The number of para-hydroxylation sites is 1. The molecule has 0 radical (unpaired) electrons. The van der Waals surface area contributed by atoms with Crippen molar-refractivity contribution in [1.29, 1.82) is 0 Å². The summed E-state index contributed by atoms with van der Waals surface area (Å²) in [6, 6.07) is 7.70. The molecule has 0 atom stereocenters. The van der Waals surface area contributed by atoms with Gasteiger partial charge in [-0.05, 0) is 19.4 Å². The van der Waals surface area contributed by atoms with Gasteiger partial charge in [-0.2, -0.15) is 0 Å². The fraction of sp³-hybridized carbons (Fsp3) is 0.474. The molecule has 1 aromatic heterocycles. The van der Waals surface area contributed by atoms with Crippen LogP contribution in [-0.4, -0.2) is 54.0 Å². The third kappa shape index (κ3) is 4.60. The standard InChI is InChI=1S/C19H25N3O3/c1-15-13-20-18(25-15)14-21-8-5-9-22(11-10-21)19(23)12-16-6-3-4-7-17(16)24-2/h3-4,6-7,13H,5,8-12,14H2,1-2H3. The number of methoxy groups -OCH3 is 1. The van der Waals surface area contributed by atoms with Gasteiger partial charge in [-0.25, -0.2) is 4.98 Å². The number of benzene rings is 1. The summed E-state index contributed by atoms with van der Waals surface area (Å²) in [6.07, 6.45) is 3.08. The average Bonchev–Trinajstić information content (AvgIpc) is 2.88. The molecule has 6 heteroatoms. The van der Waals surface area contributed by atoms with Crippen LogP contribution in [0.15, 0.2) is 34.9 Å². The molecule has 1 aliphatic rings. The zero-order chi connectivity index (χ0) is 17.6. The van der Waals surface area contributed by atoms with Gasteiger partial charge >= 0.3 is 0 Å². The Morgan fingerprint density at radius 2 is 2.08 bits per heavy atom. The van der Waals surface area contributed by atoms with Crippen molar-refractivity contribution in [1.82, 2.24) is 14.8 Å². The maximum Gasteiger partial charge on any atom is 0.227 e. The second-order valence-electron chi connectivity index (χ2n) is 6.36. The molecule has 25 heavy (non-hydrogen) atoms. The molecule has 1 amide bonds. The van der Waals surface area contributed by atoms with Crippen LogP contribution in [0.5, 0.6) is 5.75 Å². The SMILES string of the molecule is COc1ccccc1CC(=O)N1CCCN(Cc2ncc(C)o2)CC1. The van der Waals surface area contributed by atoms with Crippen LogP contribution in [0.1, 0.15) is 23.6 Å². The van der Waals surface area contributed by atoms with Crippen molar-refractivity contribution >= 4 is 5.91 Å². The number of carbonyl (C=O) groups excluding carboxylic acids is 1. The minimum absolute atomic E-state index is 0.151. The van der Waals surface area contributed by atoms with Crippen molar-refractivity contribution in [2.45, 2.75) is 26.3 Å². The second kappa shape index (κ2) is 8.16. The van der Waals surface area contributed by atoms with E-state index in [1.807, 2.05) is 36.1 Å². The predicted molar refractivity (Wildman–Crippen MR) is 94.4 cm³/mol. The first-order chi connectivity index (χ1) is 12.2. The van der Waals surface area contributed by atoms with E-state index in [4.69, 9.17) is 9.15 Å². The Bertz CT molecular complexity index is 713. The Labute approximate surface area is 148 Å². The van der Waals surface area contributed by atoms with Crippen molar-refractivity contribution in [2.75, 3.05) is 33.3 Å². The van der Waals surface area contributed by atoms with Crippen LogP contribution in [0.4, 0.5) is 0 Å². The Kier molecular flexibility index (Phi) is 5.71. The molecule has 0 unspecified atom stereocenters. The highest BCUT2D eigenvalue weighted by Gasteiger charge is 2.21. The van der Waals surface area contributed by atoms with E-state index in [0.717, 1.165) is 55.6 Å². The van der Waals surface area contributed by atoms with E-state index >= 15 is 0 Å². The summed E-state index contributed by atoms with van der Waals surface area (Å²) in [5, 5.41) is 0. The Balaban J connectivity index is 1.56. The van der Waals surface area contributed by atoms with Crippen LogP contribution in [0.3, 0.4) is 0 Å².